The zero-order valence-corrected chi connectivity index (χ0v) is 27.9. The topological polar surface area (TPSA) is 240 Å². The van der Waals surface area contributed by atoms with Gasteiger partial charge in [-0.2, -0.15) is 5.48 Å². The third-order valence-corrected chi connectivity index (χ3v) is 7.50. The van der Waals surface area contributed by atoms with Crippen LogP contribution in [0.5, 0.6) is 0 Å². The van der Waals surface area contributed by atoms with Gasteiger partial charge in [0.15, 0.2) is 12.4 Å². The summed E-state index contributed by atoms with van der Waals surface area (Å²) in [6.45, 7) is 2.58. The Morgan fingerprint density at radius 1 is 0.720 bits per heavy atom. The van der Waals surface area contributed by atoms with Gasteiger partial charge in [0.05, 0.1) is 18.6 Å². The maximum Gasteiger partial charge on any atom is 0.431 e. The third-order valence-electron chi connectivity index (χ3n) is 7.50. The van der Waals surface area contributed by atoms with Gasteiger partial charge in [0, 0.05) is 19.0 Å². The van der Waals surface area contributed by atoms with Crippen LogP contribution in [0.1, 0.15) is 37.8 Å². The fourth-order valence-corrected chi connectivity index (χ4v) is 4.88. The molecule has 0 radical (unpaired) electrons. The summed E-state index contributed by atoms with van der Waals surface area (Å²) in [5.74, 6) is -4.12. The monoisotopic (exact) mass is 698 g/mol. The summed E-state index contributed by atoms with van der Waals surface area (Å²) in [6.07, 6.45) is -0.848. The van der Waals surface area contributed by atoms with Gasteiger partial charge in [0.2, 0.25) is 23.6 Å². The molecule has 7 N–H and O–H groups in total. The number of carboxylic acid groups (broad SMARTS) is 1. The number of carboxylic acids is 1. The second-order valence-corrected chi connectivity index (χ2v) is 11.3. The lowest BCUT2D eigenvalue weighted by Crippen LogP contribution is -2.53. The fourth-order valence-electron chi connectivity index (χ4n) is 4.88. The number of ketones is 1. The second kappa shape index (κ2) is 19.6. The van der Waals surface area contributed by atoms with E-state index in [1.807, 2.05) is 48.5 Å². The number of Topliss-reactive ketones (excluding diaryl/α,β-unsaturated/α-hetero) is 1. The van der Waals surface area contributed by atoms with Crippen molar-refractivity contribution >= 4 is 41.5 Å². The van der Waals surface area contributed by atoms with Gasteiger partial charge in [0.25, 0.3) is 0 Å². The van der Waals surface area contributed by atoms with Gasteiger partial charge in [0.1, 0.15) is 25.9 Å². The summed E-state index contributed by atoms with van der Waals surface area (Å²) in [6, 6.07) is 13.1. The SMILES string of the molecule is CC(NC(=O)COCC(=O)O)C(=O)CNC(C)C(=O)NC(C)C(=O)NCCNC(=O)CONC(=O)OCC1c2ccccc2-c2ccccc21. The molecule has 2 aromatic rings. The van der Waals surface area contributed by atoms with E-state index >= 15 is 0 Å². The highest BCUT2D eigenvalue weighted by Gasteiger charge is 2.29. The molecule has 2 aromatic carbocycles. The maximum atomic E-state index is 12.5. The minimum Gasteiger partial charge on any atom is -0.480 e. The molecule has 0 fully saturated rings. The molecule has 17 nitrogen and oxygen atoms in total. The number of hydroxylamine groups is 1. The molecule has 0 heterocycles. The van der Waals surface area contributed by atoms with Crippen LogP contribution in [-0.2, 0) is 43.1 Å². The molecule has 1 aliphatic carbocycles. The van der Waals surface area contributed by atoms with E-state index in [-0.39, 0.29) is 32.2 Å². The molecule has 0 bridgehead atoms. The van der Waals surface area contributed by atoms with Crippen LogP contribution in [-0.4, -0.2) is 111 Å². The molecule has 5 amide bonds. The van der Waals surface area contributed by atoms with Crippen molar-refractivity contribution in [3.05, 3.63) is 59.7 Å². The van der Waals surface area contributed by atoms with Gasteiger partial charge in [-0.1, -0.05) is 48.5 Å². The van der Waals surface area contributed by atoms with Gasteiger partial charge in [-0.25, -0.2) is 9.59 Å². The molecule has 270 valence electrons. The predicted molar refractivity (Wildman–Crippen MR) is 176 cm³/mol. The first kappa shape index (κ1) is 39.1. The van der Waals surface area contributed by atoms with Crippen molar-refractivity contribution in [1.29, 1.82) is 0 Å². The molecule has 3 rings (SSSR count). The molecule has 0 saturated carbocycles. The van der Waals surface area contributed by atoms with E-state index in [1.54, 1.807) is 0 Å². The number of aliphatic carboxylic acids is 1. The van der Waals surface area contributed by atoms with Gasteiger partial charge in [-0.3, -0.25) is 34.1 Å². The van der Waals surface area contributed by atoms with Crippen molar-refractivity contribution < 1.29 is 53.0 Å². The van der Waals surface area contributed by atoms with E-state index in [0.717, 1.165) is 22.3 Å². The summed E-state index contributed by atoms with van der Waals surface area (Å²) in [4.78, 5) is 88.4. The summed E-state index contributed by atoms with van der Waals surface area (Å²) in [5, 5.41) is 21.2. The smallest absolute Gasteiger partial charge is 0.431 e. The average molecular weight is 699 g/mol. The molecule has 17 heteroatoms. The minimum atomic E-state index is -1.24. The van der Waals surface area contributed by atoms with Crippen LogP contribution >= 0.6 is 0 Å². The number of benzene rings is 2. The highest BCUT2D eigenvalue weighted by Crippen LogP contribution is 2.44. The molecule has 1 aliphatic rings. The Morgan fingerprint density at radius 2 is 1.34 bits per heavy atom. The van der Waals surface area contributed by atoms with Crippen LogP contribution < -0.4 is 32.1 Å². The molecule has 0 aromatic heterocycles. The Morgan fingerprint density at radius 3 is 1.98 bits per heavy atom. The van der Waals surface area contributed by atoms with Crippen LogP contribution in [0.3, 0.4) is 0 Å². The van der Waals surface area contributed by atoms with Crippen LogP contribution in [0, 0.1) is 0 Å². The fraction of sp³-hybridized carbons (Fsp3) is 0.424. The van der Waals surface area contributed by atoms with Crippen LogP contribution in [0.4, 0.5) is 4.79 Å². The molecule has 0 spiro atoms. The number of ether oxygens (including phenoxy) is 2. The van der Waals surface area contributed by atoms with Gasteiger partial charge < -0.3 is 35.8 Å². The van der Waals surface area contributed by atoms with E-state index < -0.39 is 79.4 Å². The van der Waals surface area contributed by atoms with Crippen molar-refractivity contribution in [1.82, 2.24) is 32.1 Å². The number of hydrogen-bond acceptors (Lipinski definition) is 11. The number of rotatable bonds is 20. The number of nitrogens with one attached hydrogen (secondary N) is 6. The summed E-state index contributed by atoms with van der Waals surface area (Å²) in [7, 11) is 0. The summed E-state index contributed by atoms with van der Waals surface area (Å²) < 4.78 is 9.99. The summed E-state index contributed by atoms with van der Waals surface area (Å²) >= 11 is 0. The van der Waals surface area contributed by atoms with Crippen LogP contribution in [0.15, 0.2) is 48.5 Å². The number of fused-ring (bicyclic) bond motifs is 3. The summed E-state index contributed by atoms with van der Waals surface area (Å²) in [5.41, 5.74) is 6.38. The van der Waals surface area contributed by atoms with Crippen molar-refractivity contribution in [2.75, 3.05) is 46.1 Å². The second-order valence-electron chi connectivity index (χ2n) is 11.3. The Balaban J connectivity index is 1.24. The van der Waals surface area contributed by atoms with Crippen molar-refractivity contribution in [2.24, 2.45) is 0 Å². The Labute approximate surface area is 288 Å². The molecule has 0 saturated heterocycles. The highest BCUT2D eigenvalue weighted by atomic mass is 16.7. The largest absolute Gasteiger partial charge is 0.480 e. The van der Waals surface area contributed by atoms with Crippen LogP contribution in [0.25, 0.3) is 11.1 Å². The van der Waals surface area contributed by atoms with Gasteiger partial charge in [-0.15, -0.1) is 0 Å². The zero-order chi connectivity index (χ0) is 36.6. The molecule has 50 heavy (non-hydrogen) atoms. The lowest BCUT2D eigenvalue weighted by Gasteiger charge is -2.19. The normalized spacial score (nSPS) is 13.4. The van der Waals surface area contributed by atoms with Crippen molar-refractivity contribution in [3.63, 3.8) is 0 Å². The molecule has 3 unspecified atom stereocenters. The van der Waals surface area contributed by atoms with Crippen LogP contribution in [0.2, 0.25) is 0 Å². The van der Waals surface area contributed by atoms with Crippen molar-refractivity contribution in [2.45, 2.75) is 44.8 Å². The standard InChI is InChI=1S/C33H42N6O11/c1-19(37-29(42)16-48-18-30(43)44)27(40)14-36-20(2)32(46)38-21(3)31(45)35-13-12-34-28(41)17-50-39-33(47)49-15-26-24-10-6-4-8-22(24)23-9-5-7-11-25(23)26/h4-11,19-21,26,36H,12-18H2,1-3H3,(H,34,41)(H,35,45)(H,37,42)(H,38,46)(H,39,47)(H,43,44). The van der Waals surface area contributed by atoms with Crippen molar-refractivity contribution in [3.8, 4) is 11.1 Å². The van der Waals surface area contributed by atoms with Gasteiger partial charge in [-0.05, 0) is 43.0 Å². The first-order chi connectivity index (χ1) is 23.9. The Hall–Kier alpha value is -5.39. The van der Waals surface area contributed by atoms with E-state index in [0.29, 0.717) is 0 Å². The molecule has 3 atom stereocenters. The lowest BCUT2D eigenvalue weighted by molar-refractivity contribution is -0.144. The third kappa shape index (κ3) is 12.2. The van der Waals surface area contributed by atoms with E-state index in [2.05, 4.69) is 36.8 Å². The highest BCUT2D eigenvalue weighted by molar-refractivity contribution is 5.92. The molecule has 0 aliphatic heterocycles. The molecular formula is C33H42N6O11. The number of hydrogen-bond donors (Lipinski definition) is 7. The number of carbonyl (C=O) groups is 7. The van der Waals surface area contributed by atoms with Gasteiger partial charge >= 0.3 is 12.1 Å². The number of carbonyl (C=O) groups excluding carboxylic acids is 6. The minimum absolute atomic E-state index is 0.0395. The number of amides is 5. The Bertz CT molecular complexity index is 1510. The predicted octanol–water partition coefficient (Wildman–Crippen LogP) is -0.653. The zero-order valence-electron chi connectivity index (χ0n) is 27.9. The lowest BCUT2D eigenvalue weighted by atomic mass is 9.98. The maximum absolute atomic E-state index is 12.5. The Kier molecular flexibility index (Phi) is 15.3. The molecular weight excluding hydrogens is 656 g/mol. The first-order valence-electron chi connectivity index (χ1n) is 15.8. The average Bonchev–Trinajstić information content (AvgIpc) is 3.40. The first-order valence-corrected chi connectivity index (χ1v) is 15.8. The quantitative estimate of drug-likeness (QED) is 0.0674. The van der Waals surface area contributed by atoms with E-state index in [4.69, 9.17) is 14.7 Å². The van der Waals surface area contributed by atoms with E-state index in [9.17, 15) is 33.6 Å². The van der Waals surface area contributed by atoms with E-state index in [1.165, 1.54) is 20.8 Å².